The zero-order valence-electron chi connectivity index (χ0n) is 18.0. The first-order valence-corrected chi connectivity index (χ1v) is 10.3. The molecule has 1 aromatic heterocycles. The summed E-state index contributed by atoms with van der Waals surface area (Å²) in [6.07, 6.45) is -3.61. The van der Waals surface area contributed by atoms with Crippen molar-refractivity contribution in [3.8, 4) is 11.5 Å². The van der Waals surface area contributed by atoms with Gasteiger partial charge in [-0.1, -0.05) is 24.3 Å². The smallest absolute Gasteiger partial charge is 0.410 e. The van der Waals surface area contributed by atoms with Crippen LogP contribution in [0.15, 0.2) is 54.7 Å². The van der Waals surface area contributed by atoms with Crippen LogP contribution in [0.25, 0.3) is 0 Å². The van der Waals surface area contributed by atoms with Crippen molar-refractivity contribution in [2.75, 3.05) is 19.5 Å². The maximum absolute atomic E-state index is 13.8. The largest absolute Gasteiger partial charge is 0.497 e. The monoisotopic (exact) mass is 460 g/mol. The predicted molar refractivity (Wildman–Crippen MR) is 115 cm³/mol. The van der Waals surface area contributed by atoms with Crippen molar-refractivity contribution >= 4 is 11.7 Å². The van der Waals surface area contributed by atoms with Crippen LogP contribution in [-0.4, -0.2) is 36.1 Å². The predicted octanol–water partition coefficient (Wildman–Crippen LogP) is 4.49. The highest BCUT2D eigenvalue weighted by Crippen LogP contribution is 2.44. The fourth-order valence-electron chi connectivity index (χ4n) is 3.80. The van der Waals surface area contributed by atoms with Crippen LogP contribution < -0.4 is 20.1 Å². The number of anilines is 1. The first-order valence-electron chi connectivity index (χ1n) is 10.3. The van der Waals surface area contributed by atoms with Crippen molar-refractivity contribution in [1.82, 2.24) is 15.1 Å². The second-order valence-corrected chi connectivity index (χ2v) is 7.65. The lowest BCUT2D eigenvalue weighted by molar-refractivity contribution is -0.173. The van der Waals surface area contributed by atoms with Gasteiger partial charge in [-0.2, -0.15) is 18.3 Å². The first kappa shape index (κ1) is 22.5. The van der Waals surface area contributed by atoms with Crippen molar-refractivity contribution in [2.24, 2.45) is 0 Å². The van der Waals surface area contributed by atoms with E-state index in [0.717, 1.165) is 10.2 Å². The van der Waals surface area contributed by atoms with Crippen LogP contribution in [0.3, 0.4) is 0 Å². The number of rotatable bonds is 6. The normalized spacial score (nSPS) is 17.6. The number of carbonyl (C=O) groups excluding carboxylic acids is 1. The van der Waals surface area contributed by atoms with E-state index in [1.165, 1.54) is 13.3 Å². The Morgan fingerprint density at radius 2 is 1.70 bits per heavy atom. The van der Waals surface area contributed by atoms with Gasteiger partial charge in [0.15, 0.2) is 6.04 Å². The molecule has 0 aliphatic carbocycles. The van der Waals surface area contributed by atoms with Crippen LogP contribution in [-0.2, 0) is 6.54 Å². The van der Waals surface area contributed by atoms with Crippen LogP contribution in [0.4, 0.5) is 19.0 Å². The first-order chi connectivity index (χ1) is 15.8. The van der Waals surface area contributed by atoms with Crippen LogP contribution in [0, 0.1) is 0 Å². The average Bonchev–Trinajstić information content (AvgIpc) is 3.25. The van der Waals surface area contributed by atoms with Gasteiger partial charge in [0.2, 0.25) is 0 Å². The number of carbonyl (C=O) groups is 1. The van der Waals surface area contributed by atoms with E-state index < -0.39 is 24.2 Å². The molecule has 0 saturated heterocycles. The Kier molecular flexibility index (Phi) is 6.17. The second-order valence-electron chi connectivity index (χ2n) is 7.65. The maximum atomic E-state index is 13.8. The Morgan fingerprint density at radius 1 is 1.09 bits per heavy atom. The summed E-state index contributed by atoms with van der Waals surface area (Å²) >= 11 is 0. The lowest BCUT2D eigenvalue weighted by atomic mass is 9.96. The van der Waals surface area contributed by atoms with Gasteiger partial charge in [0.25, 0.3) is 5.91 Å². The highest BCUT2D eigenvalue weighted by atomic mass is 19.4. The zero-order chi connectivity index (χ0) is 23.6. The van der Waals surface area contributed by atoms with Crippen LogP contribution in [0.5, 0.6) is 11.5 Å². The van der Waals surface area contributed by atoms with Crippen LogP contribution >= 0.6 is 0 Å². The lowest BCUT2D eigenvalue weighted by Gasteiger charge is -2.34. The molecule has 2 aromatic carbocycles. The molecule has 2 N–H and O–H groups in total. The van der Waals surface area contributed by atoms with Gasteiger partial charge >= 0.3 is 6.18 Å². The van der Waals surface area contributed by atoms with Gasteiger partial charge in [-0.15, -0.1) is 0 Å². The fraction of sp³-hybridized carbons (Fsp3) is 0.304. The number of aromatic nitrogens is 2. The second kappa shape index (κ2) is 9.05. The molecule has 2 atom stereocenters. The third kappa shape index (κ3) is 4.74. The molecule has 0 fully saturated rings. The minimum Gasteiger partial charge on any atom is -0.497 e. The molecule has 10 heteroatoms. The van der Waals surface area contributed by atoms with Crippen molar-refractivity contribution in [3.05, 3.63) is 71.4 Å². The number of fused-ring (bicyclic) bond motifs is 1. The van der Waals surface area contributed by atoms with E-state index >= 15 is 0 Å². The number of alkyl halides is 3. The molecule has 0 bridgehead atoms. The quantitative estimate of drug-likeness (QED) is 0.567. The summed E-state index contributed by atoms with van der Waals surface area (Å²) in [5.74, 6) is 0.806. The van der Waals surface area contributed by atoms with Gasteiger partial charge in [0, 0.05) is 13.0 Å². The number of nitrogens with zero attached hydrogens (tertiary/aromatic N) is 2. The fourth-order valence-corrected chi connectivity index (χ4v) is 3.80. The maximum Gasteiger partial charge on any atom is 0.410 e. The van der Waals surface area contributed by atoms with E-state index in [2.05, 4.69) is 15.7 Å². The molecule has 2 heterocycles. The zero-order valence-corrected chi connectivity index (χ0v) is 18.0. The van der Waals surface area contributed by atoms with E-state index in [0.29, 0.717) is 17.1 Å². The molecule has 33 heavy (non-hydrogen) atoms. The van der Waals surface area contributed by atoms with E-state index in [-0.39, 0.29) is 24.3 Å². The summed E-state index contributed by atoms with van der Waals surface area (Å²) < 4.78 is 52.6. The Balaban J connectivity index is 1.57. The highest BCUT2D eigenvalue weighted by Gasteiger charge is 2.47. The number of hydrogen-bond acceptors (Lipinski definition) is 5. The molecule has 1 amide bonds. The Morgan fingerprint density at radius 3 is 2.27 bits per heavy atom. The van der Waals surface area contributed by atoms with Crippen molar-refractivity contribution in [3.63, 3.8) is 0 Å². The third-order valence-corrected chi connectivity index (χ3v) is 5.61. The highest BCUT2D eigenvalue weighted by molar-refractivity contribution is 5.98. The van der Waals surface area contributed by atoms with Crippen molar-refractivity contribution < 1.29 is 27.4 Å². The van der Waals surface area contributed by atoms with E-state index in [4.69, 9.17) is 9.47 Å². The summed E-state index contributed by atoms with van der Waals surface area (Å²) in [5, 5.41) is 9.71. The van der Waals surface area contributed by atoms with E-state index in [9.17, 15) is 18.0 Å². The molecule has 1 aliphatic rings. The van der Waals surface area contributed by atoms with Gasteiger partial charge in [0.1, 0.15) is 22.9 Å². The number of hydrogen-bond donors (Lipinski definition) is 2. The lowest BCUT2D eigenvalue weighted by Crippen LogP contribution is -2.36. The molecule has 7 nitrogen and oxygen atoms in total. The molecular weight excluding hydrogens is 437 g/mol. The van der Waals surface area contributed by atoms with Crippen molar-refractivity contribution in [2.45, 2.75) is 31.2 Å². The molecular formula is C23H23F3N4O3. The average molecular weight is 460 g/mol. The number of nitrogens with one attached hydrogen (secondary N) is 2. The Hall–Kier alpha value is -3.69. The SMILES string of the molecule is COc1ccc(CNC(=O)c2cnn3c2N[C@@H](c2ccc(OC)cc2)C[C@H]3C(F)(F)F)cc1. The van der Waals surface area contributed by atoms with Gasteiger partial charge in [-0.3, -0.25) is 4.79 Å². The van der Waals surface area contributed by atoms with Crippen LogP contribution in [0.2, 0.25) is 0 Å². The number of methoxy groups -OCH3 is 2. The summed E-state index contributed by atoms with van der Waals surface area (Å²) in [5.41, 5.74) is 1.53. The Labute approximate surface area is 188 Å². The number of halogens is 3. The summed E-state index contributed by atoms with van der Waals surface area (Å²) in [4.78, 5) is 12.8. The topological polar surface area (TPSA) is 77.4 Å². The molecule has 0 unspecified atom stereocenters. The molecule has 0 spiro atoms. The molecule has 0 radical (unpaired) electrons. The standard InChI is InChI=1S/C23H23F3N4O3/c1-32-16-7-3-14(4-8-16)12-27-22(31)18-13-28-30-20(23(24,25)26)11-19(29-21(18)30)15-5-9-17(33-2)10-6-15/h3-10,13,19-20,29H,11-12H2,1-2H3,(H,27,31)/t19-,20+/m1/s1. The third-order valence-electron chi connectivity index (χ3n) is 5.61. The van der Waals surface area contributed by atoms with Crippen molar-refractivity contribution in [1.29, 1.82) is 0 Å². The van der Waals surface area contributed by atoms with Gasteiger partial charge in [0.05, 0.1) is 26.5 Å². The minimum absolute atomic E-state index is 0.0385. The molecule has 0 saturated carbocycles. The van der Waals surface area contributed by atoms with Crippen LogP contribution in [0.1, 0.15) is 40.0 Å². The summed E-state index contributed by atoms with van der Waals surface area (Å²) in [6, 6.07) is 11.4. The molecule has 1 aliphatic heterocycles. The van der Waals surface area contributed by atoms with Gasteiger partial charge < -0.3 is 20.1 Å². The Bertz CT molecular complexity index is 1110. The van der Waals surface area contributed by atoms with Gasteiger partial charge in [-0.05, 0) is 35.4 Å². The molecule has 3 aromatic rings. The molecule has 174 valence electrons. The summed E-state index contributed by atoms with van der Waals surface area (Å²) in [7, 11) is 3.07. The number of ether oxygens (including phenoxy) is 2. The number of benzene rings is 2. The summed E-state index contributed by atoms with van der Waals surface area (Å²) in [6.45, 7) is 0.206. The van der Waals surface area contributed by atoms with E-state index in [1.807, 2.05) is 0 Å². The van der Waals surface area contributed by atoms with E-state index in [1.54, 1.807) is 55.6 Å². The van der Waals surface area contributed by atoms with Gasteiger partial charge in [-0.25, -0.2) is 4.68 Å². The number of amides is 1. The molecule has 4 rings (SSSR count). The minimum atomic E-state index is -4.52.